The Kier molecular flexibility index (Phi) is 1.70. The van der Waals surface area contributed by atoms with Crippen LogP contribution in [0.4, 0.5) is 0 Å². The van der Waals surface area contributed by atoms with Crippen LogP contribution in [0.2, 0.25) is 0 Å². The summed E-state index contributed by atoms with van der Waals surface area (Å²) in [4.78, 5) is 0. The summed E-state index contributed by atoms with van der Waals surface area (Å²) in [5, 5.41) is 3.78. The van der Waals surface area contributed by atoms with Gasteiger partial charge in [-0.3, -0.25) is 0 Å². The molecule has 0 aromatic heterocycles. The maximum Gasteiger partial charge on any atom is 0.0697 e. The SMILES string of the molecule is CC12NC(=C3C=CC=CC31)CC1=C2C=CCC1. The van der Waals surface area contributed by atoms with E-state index in [0.29, 0.717) is 5.92 Å². The Morgan fingerprint density at radius 2 is 2.24 bits per heavy atom. The zero-order valence-corrected chi connectivity index (χ0v) is 10.2. The van der Waals surface area contributed by atoms with E-state index in [0.717, 1.165) is 6.42 Å². The second kappa shape index (κ2) is 3.04. The Morgan fingerprint density at radius 1 is 1.29 bits per heavy atom. The zero-order chi connectivity index (χ0) is 11.5. The smallest absolute Gasteiger partial charge is 0.0697 e. The van der Waals surface area contributed by atoms with E-state index < -0.39 is 0 Å². The van der Waals surface area contributed by atoms with E-state index in [4.69, 9.17) is 0 Å². The number of hydrogen-bond donors (Lipinski definition) is 1. The first-order valence-corrected chi connectivity index (χ1v) is 6.54. The summed E-state index contributed by atoms with van der Waals surface area (Å²) >= 11 is 0. The number of nitrogens with one attached hydrogen (secondary N) is 1. The summed E-state index contributed by atoms with van der Waals surface area (Å²) in [5.74, 6) is 0.526. The first kappa shape index (κ1) is 9.52. The monoisotopic (exact) mass is 223 g/mol. The van der Waals surface area contributed by atoms with Crippen LogP contribution in [-0.4, -0.2) is 5.54 Å². The maximum atomic E-state index is 3.78. The summed E-state index contributed by atoms with van der Waals surface area (Å²) < 4.78 is 0. The van der Waals surface area contributed by atoms with Gasteiger partial charge in [-0.2, -0.15) is 0 Å². The van der Waals surface area contributed by atoms with Gasteiger partial charge >= 0.3 is 0 Å². The molecule has 0 aromatic rings. The largest absolute Gasteiger partial charge is 0.378 e. The number of allylic oxidation sites excluding steroid dienone is 5. The fraction of sp³-hybridized carbons (Fsp3) is 0.375. The van der Waals surface area contributed by atoms with Gasteiger partial charge in [0.25, 0.3) is 0 Å². The molecule has 4 aliphatic rings. The van der Waals surface area contributed by atoms with E-state index in [-0.39, 0.29) is 5.54 Å². The van der Waals surface area contributed by atoms with Crippen molar-refractivity contribution in [2.24, 2.45) is 5.92 Å². The lowest BCUT2D eigenvalue weighted by molar-refractivity contribution is 0.410. The number of hydrogen-bond acceptors (Lipinski definition) is 1. The molecule has 2 heterocycles. The minimum Gasteiger partial charge on any atom is -0.378 e. The van der Waals surface area contributed by atoms with E-state index in [1.165, 1.54) is 24.1 Å². The summed E-state index contributed by atoms with van der Waals surface area (Å²) in [6, 6.07) is 0. The minimum atomic E-state index is 0.108. The topological polar surface area (TPSA) is 12.0 Å². The molecule has 2 aliphatic heterocycles. The van der Waals surface area contributed by atoms with Gasteiger partial charge in [0.05, 0.1) is 5.54 Å². The van der Waals surface area contributed by atoms with Gasteiger partial charge in [0, 0.05) is 18.0 Å². The van der Waals surface area contributed by atoms with Crippen molar-refractivity contribution in [2.75, 3.05) is 0 Å². The number of fused-ring (bicyclic) bond motifs is 5. The third kappa shape index (κ3) is 1.09. The predicted molar refractivity (Wildman–Crippen MR) is 70.4 cm³/mol. The first-order valence-electron chi connectivity index (χ1n) is 6.54. The van der Waals surface area contributed by atoms with E-state index in [9.17, 15) is 0 Å². The Morgan fingerprint density at radius 3 is 3.18 bits per heavy atom. The van der Waals surface area contributed by atoms with Crippen LogP contribution >= 0.6 is 0 Å². The van der Waals surface area contributed by atoms with Crippen LogP contribution in [0.3, 0.4) is 0 Å². The Balaban J connectivity index is 1.92. The molecule has 86 valence electrons. The van der Waals surface area contributed by atoms with Gasteiger partial charge in [-0.05, 0) is 30.9 Å². The van der Waals surface area contributed by atoms with Gasteiger partial charge in [0.15, 0.2) is 0 Å². The molecule has 0 saturated heterocycles. The van der Waals surface area contributed by atoms with Crippen LogP contribution in [0.1, 0.15) is 26.2 Å². The van der Waals surface area contributed by atoms with Crippen molar-refractivity contribution in [1.29, 1.82) is 0 Å². The molecule has 0 saturated carbocycles. The summed E-state index contributed by atoms with van der Waals surface area (Å²) in [5.41, 5.74) is 6.29. The van der Waals surface area contributed by atoms with E-state index >= 15 is 0 Å². The highest BCUT2D eigenvalue weighted by Gasteiger charge is 2.47. The molecular formula is C16H17N. The van der Waals surface area contributed by atoms with Gasteiger partial charge < -0.3 is 5.32 Å². The van der Waals surface area contributed by atoms with Crippen molar-refractivity contribution < 1.29 is 0 Å². The van der Waals surface area contributed by atoms with Crippen LogP contribution in [0.25, 0.3) is 0 Å². The molecule has 0 amide bonds. The van der Waals surface area contributed by atoms with Crippen molar-refractivity contribution >= 4 is 0 Å². The quantitative estimate of drug-likeness (QED) is 0.663. The van der Waals surface area contributed by atoms with Crippen LogP contribution in [0.5, 0.6) is 0 Å². The Labute approximate surface area is 102 Å². The number of rotatable bonds is 0. The lowest BCUT2D eigenvalue weighted by Gasteiger charge is -2.39. The second-order valence-corrected chi connectivity index (χ2v) is 5.62. The van der Waals surface area contributed by atoms with Gasteiger partial charge in [0.2, 0.25) is 0 Å². The summed E-state index contributed by atoms with van der Waals surface area (Å²) in [6.07, 6.45) is 17.3. The van der Waals surface area contributed by atoms with Crippen molar-refractivity contribution in [2.45, 2.75) is 31.7 Å². The lowest BCUT2D eigenvalue weighted by Crippen LogP contribution is -2.47. The van der Waals surface area contributed by atoms with Crippen LogP contribution < -0.4 is 5.32 Å². The Bertz CT molecular complexity index is 542. The van der Waals surface area contributed by atoms with Crippen molar-refractivity contribution in [3.05, 3.63) is 58.9 Å². The fourth-order valence-electron chi connectivity index (χ4n) is 3.83. The van der Waals surface area contributed by atoms with Crippen molar-refractivity contribution in [3.8, 4) is 0 Å². The maximum absolute atomic E-state index is 3.78. The molecule has 4 rings (SSSR count). The molecule has 2 unspecified atom stereocenters. The van der Waals surface area contributed by atoms with Crippen LogP contribution in [-0.2, 0) is 0 Å². The Hall–Kier alpha value is -1.50. The average molecular weight is 223 g/mol. The van der Waals surface area contributed by atoms with Gasteiger partial charge in [-0.25, -0.2) is 0 Å². The second-order valence-electron chi connectivity index (χ2n) is 5.62. The van der Waals surface area contributed by atoms with Gasteiger partial charge in [-0.15, -0.1) is 0 Å². The molecule has 1 nitrogen and oxygen atoms in total. The normalized spacial score (nSPS) is 37.1. The van der Waals surface area contributed by atoms with Gasteiger partial charge in [-0.1, -0.05) is 42.0 Å². The molecule has 1 N–H and O–H groups in total. The summed E-state index contributed by atoms with van der Waals surface area (Å²) in [6.45, 7) is 2.36. The average Bonchev–Trinajstić information content (AvgIpc) is 2.61. The first-order chi connectivity index (χ1) is 8.29. The van der Waals surface area contributed by atoms with E-state index in [1.807, 2.05) is 0 Å². The van der Waals surface area contributed by atoms with E-state index in [2.05, 4.69) is 48.7 Å². The van der Waals surface area contributed by atoms with Crippen molar-refractivity contribution in [3.63, 3.8) is 0 Å². The van der Waals surface area contributed by atoms with Crippen molar-refractivity contribution in [1.82, 2.24) is 5.32 Å². The molecule has 2 bridgehead atoms. The molecule has 0 fully saturated rings. The molecule has 0 aromatic carbocycles. The fourth-order valence-corrected chi connectivity index (χ4v) is 3.83. The highest BCUT2D eigenvalue weighted by atomic mass is 15.0. The highest BCUT2D eigenvalue weighted by molar-refractivity contribution is 5.57. The van der Waals surface area contributed by atoms with Gasteiger partial charge in [0.1, 0.15) is 0 Å². The third-order valence-electron chi connectivity index (χ3n) is 4.63. The van der Waals surface area contributed by atoms with Crippen LogP contribution in [0, 0.1) is 5.92 Å². The molecule has 17 heavy (non-hydrogen) atoms. The lowest BCUT2D eigenvalue weighted by atomic mass is 9.73. The molecular weight excluding hydrogens is 206 g/mol. The highest BCUT2D eigenvalue weighted by Crippen LogP contribution is 2.50. The molecule has 2 aliphatic carbocycles. The molecule has 0 radical (unpaired) electrons. The zero-order valence-electron chi connectivity index (χ0n) is 10.2. The summed E-state index contributed by atoms with van der Waals surface area (Å²) in [7, 11) is 0. The molecule has 1 heteroatoms. The minimum absolute atomic E-state index is 0.108. The van der Waals surface area contributed by atoms with Crippen LogP contribution in [0.15, 0.2) is 58.9 Å². The third-order valence-corrected chi connectivity index (χ3v) is 4.63. The molecule has 2 atom stereocenters. The molecule has 0 spiro atoms. The standard InChI is InChI=1S/C16H17N/c1-16-13-8-4-2-6-11(13)10-15(17-16)12-7-3-5-9-14(12)16/h3-5,7-9,14,17H,2,6,10H2,1H3. The predicted octanol–water partition coefficient (Wildman–Crippen LogP) is 3.39. The van der Waals surface area contributed by atoms with E-state index in [1.54, 1.807) is 11.1 Å².